The van der Waals surface area contributed by atoms with Crippen molar-refractivity contribution in [3.63, 3.8) is 0 Å². The van der Waals surface area contributed by atoms with E-state index >= 15 is 0 Å². The van der Waals surface area contributed by atoms with E-state index in [1.807, 2.05) is 12.1 Å². The van der Waals surface area contributed by atoms with Crippen LogP contribution in [-0.2, 0) is 9.47 Å². The SMILES string of the molecule is CC1COC(c2cc(F)c(N=C=S)c(F)c2)OC1. The lowest BCUT2D eigenvalue weighted by atomic mass is 10.1. The maximum Gasteiger partial charge on any atom is 0.184 e. The minimum absolute atomic E-state index is 0.273. The summed E-state index contributed by atoms with van der Waals surface area (Å²) in [6, 6.07) is 2.27. The molecule has 0 aromatic heterocycles. The molecule has 1 heterocycles. The molecule has 96 valence electrons. The highest BCUT2D eigenvalue weighted by molar-refractivity contribution is 7.78. The summed E-state index contributed by atoms with van der Waals surface area (Å²) in [5.41, 5.74) is -0.154. The highest BCUT2D eigenvalue weighted by Crippen LogP contribution is 2.30. The number of rotatable bonds is 2. The van der Waals surface area contributed by atoms with Gasteiger partial charge in [-0.2, -0.15) is 4.99 Å². The first-order valence-corrected chi connectivity index (χ1v) is 5.82. The normalized spacial score (nSPS) is 23.5. The Kier molecular flexibility index (Phi) is 4.14. The van der Waals surface area contributed by atoms with Crippen LogP contribution < -0.4 is 0 Å². The Morgan fingerprint density at radius 3 is 2.33 bits per heavy atom. The minimum atomic E-state index is -0.812. The molecule has 0 saturated carbocycles. The molecule has 1 fully saturated rings. The lowest BCUT2D eigenvalue weighted by Gasteiger charge is -2.27. The first kappa shape index (κ1) is 13.2. The van der Waals surface area contributed by atoms with Crippen molar-refractivity contribution < 1.29 is 18.3 Å². The van der Waals surface area contributed by atoms with Crippen molar-refractivity contribution in [2.75, 3.05) is 13.2 Å². The van der Waals surface area contributed by atoms with Crippen molar-refractivity contribution in [3.8, 4) is 0 Å². The van der Waals surface area contributed by atoms with Crippen LogP contribution >= 0.6 is 12.2 Å². The number of halogens is 2. The highest BCUT2D eigenvalue weighted by atomic mass is 32.1. The largest absolute Gasteiger partial charge is 0.348 e. The van der Waals surface area contributed by atoms with Crippen LogP contribution in [-0.4, -0.2) is 18.4 Å². The Bertz CT molecular complexity index is 472. The van der Waals surface area contributed by atoms with Gasteiger partial charge in [0, 0.05) is 11.5 Å². The van der Waals surface area contributed by atoms with Gasteiger partial charge in [0.2, 0.25) is 0 Å². The zero-order chi connectivity index (χ0) is 13.1. The zero-order valence-electron chi connectivity index (χ0n) is 9.65. The molecule has 0 spiro atoms. The fourth-order valence-corrected chi connectivity index (χ4v) is 1.76. The smallest absolute Gasteiger partial charge is 0.184 e. The first-order valence-electron chi connectivity index (χ1n) is 5.42. The monoisotopic (exact) mass is 271 g/mol. The number of benzene rings is 1. The van der Waals surface area contributed by atoms with E-state index < -0.39 is 23.6 Å². The molecule has 1 aliphatic heterocycles. The van der Waals surface area contributed by atoms with Crippen LogP contribution in [0.2, 0.25) is 0 Å². The summed E-state index contributed by atoms with van der Waals surface area (Å²) in [4.78, 5) is 3.34. The molecular formula is C12H11F2NO2S. The van der Waals surface area contributed by atoms with Crippen molar-refractivity contribution in [3.05, 3.63) is 29.3 Å². The lowest BCUT2D eigenvalue weighted by molar-refractivity contribution is -0.202. The average molecular weight is 271 g/mol. The standard InChI is InChI=1S/C12H11F2NO2S/c1-7-4-16-12(17-5-7)8-2-9(13)11(15-6-18)10(14)3-8/h2-3,7,12H,4-5H2,1H3. The van der Waals surface area contributed by atoms with Crippen molar-refractivity contribution in [2.24, 2.45) is 10.9 Å². The van der Waals surface area contributed by atoms with Crippen LogP contribution in [0.5, 0.6) is 0 Å². The third-order valence-electron chi connectivity index (χ3n) is 2.53. The van der Waals surface area contributed by atoms with Crippen LogP contribution in [0.25, 0.3) is 0 Å². The van der Waals surface area contributed by atoms with Gasteiger partial charge in [-0.25, -0.2) is 8.78 Å². The Morgan fingerprint density at radius 1 is 1.28 bits per heavy atom. The third-order valence-corrected chi connectivity index (χ3v) is 2.62. The van der Waals surface area contributed by atoms with Gasteiger partial charge in [-0.3, -0.25) is 0 Å². The number of nitrogens with zero attached hydrogens (tertiary/aromatic N) is 1. The second-order valence-electron chi connectivity index (χ2n) is 4.14. The first-order chi connectivity index (χ1) is 8.61. The Labute approximate surface area is 108 Å². The maximum atomic E-state index is 13.6. The molecule has 0 N–H and O–H groups in total. The van der Waals surface area contributed by atoms with E-state index in [-0.39, 0.29) is 5.92 Å². The molecule has 0 radical (unpaired) electrons. The van der Waals surface area contributed by atoms with Gasteiger partial charge in [0.25, 0.3) is 0 Å². The average Bonchev–Trinajstić information content (AvgIpc) is 2.34. The summed E-state index contributed by atoms with van der Waals surface area (Å²) in [7, 11) is 0. The van der Waals surface area contributed by atoms with E-state index in [1.165, 1.54) is 0 Å². The van der Waals surface area contributed by atoms with Crippen LogP contribution in [0.3, 0.4) is 0 Å². The van der Waals surface area contributed by atoms with E-state index in [0.29, 0.717) is 18.8 Å². The van der Waals surface area contributed by atoms with E-state index in [9.17, 15) is 8.78 Å². The summed E-state index contributed by atoms with van der Waals surface area (Å²) >= 11 is 4.32. The van der Waals surface area contributed by atoms with Gasteiger partial charge in [-0.05, 0) is 24.4 Å². The molecule has 1 aromatic rings. The van der Waals surface area contributed by atoms with Crippen LogP contribution in [0, 0.1) is 17.6 Å². The van der Waals surface area contributed by atoms with Crippen LogP contribution in [0.4, 0.5) is 14.5 Å². The molecule has 6 heteroatoms. The Balaban J connectivity index is 2.27. The van der Waals surface area contributed by atoms with Crippen molar-refractivity contribution in [2.45, 2.75) is 13.2 Å². The van der Waals surface area contributed by atoms with E-state index in [1.54, 1.807) is 0 Å². The van der Waals surface area contributed by atoms with Crippen molar-refractivity contribution in [1.82, 2.24) is 0 Å². The summed E-state index contributed by atoms with van der Waals surface area (Å²) in [6.07, 6.45) is -0.740. The third kappa shape index (κ3) is 2.79. The number of hydrogen-bond acceptors (Lipinski definition) is 4. The predicted molar refractivity (Wildman–Crippen MR) is 64.9 cm³/mol. The molecule has 0 atom stereocenters. The lowest BCUT2D eigenvalue weighted by Crippen LogP contribution is -2.25. The van der Waals surface area contributed by atoms with Crippen molar-refractivity contribution >= 4 is 23.1 Å². The summed E-state index contributed by atoms with van der Waals surface area (Å²) in [5, 5.41) is 1.94. The van der Waals surface area contributed by atoms with Crippen LogP contribution in [0.1, 0.15) is 18.8 Å². The topological polar surface area (TPSA) is 30.8 Å². The molecule has 0 amide bonds. The number of thiocarbonyl (C=S) groups is 1. The molecule has 1 aromatic carbocycles. The highest BCUT2D eigenvalue weighted by Gasteiger charge is 2.23. The fourth-order valence-electron chi connectivity index (χ4n) is 1.67. The molecule has 18 heavy (non-hydrogen) atoms. The number of isothiocyanates is 1. The van der Waals surface area contributed by atoms with Gasteiger partial charge in [-0.15, -0.1) is 0 Å². The molecule has 1 aliphatic rings. The second kappa shape index (κ2) is 5.63. The molecule has 2 rings (SSSR count). The van der Waals surface area contributed by atoms with Gasteiger partial charge in [-0.1, -0.05) is 6.92 Å². The quantitative estimate of drug-likeness (QED) is 0.610. The molecule has 0 unspecified atom stereocenters. The minimum Gasteiger partial charge on any atom is -0.348 e. The van der Waals surface area contributed by atoms with Gasteiger partial charge in [0.05, 0.1) is 18.4 Å². The fraction of sp³-hybridized carbons (Fsp3) is 0.417. The zero-order valence-corrected chi connectivity index (χ0v) is 10.5. The number of hydrogen-bond donors (Lipinski definition) is 0. The van der Waals surface area contributed by atoms with E-state index in [4.69, 9.17) is 9.47 Å². The van der Waals surface area contributed by atoms with Crippen LogP contribution in [0.15, 0.2) is 17.1 Å². The van der Waals surface area contributed by atoms with Gasteiger partial charge < -0.3 is 9.47 Å². The van der Waals surface area contributed by atoms with Gasteiger partial charge in [0.1, 0.15) is 5.69 Å². The Morgan fingerprint density at radius 2 is 1.83 bits per heavy atom. The number of aliphatic imine (C=N–C) groups is 1. The van der Waals surface area contributed by atoms with Gasteiger partial charge >= 0.3 is 0 Å². The molecule has 1 saturated heterocycles. The van der Waals surface area contributed by atoms with Gasteiger partial charge in [0.15, 0.2) is 17.9 Å². The summed E-state index contributed by atoms with van der Waals surface area (Å²) in [6.45, 7) is 2.95. The number of ether oxygens (including phenoxy) is 2. The Hall–Kier alpha value is -1.20. The van der Waals surface area contributed by atoms with E-state index in [0.717, 1.165) is 12.1 Å². The molecule has 0 bridgehead atoms. The van der Waals surface area contributed by atoms with E-state index in [2.05, 4.69) is 17.2 Å². The molecule has 0 aliphatic carbocycles. The second-order valence-corrected chi connectivity index (χ2v) is 4.32. The maximum absolute atomic E-state index is 13.6. The summed E-state index contributed by atoms with van der Waals surface area (Å²) < 4.78 is 37.9. The summed E-state index contributed by atoms with van der Waals surface area (Å²) in [5.74, 6) is -1.35. The predicted octanol–water partition coefficient (Wildman–Crippen LogP) is 3.38. The molecule has 3 nitrogen and oxygen atoms in total. The van der Waals surface area contributed by atoms with Crippen molar-refractivity contribution in [1.29, 1.82) is 0 Å². The molecular weight excluding hydrogens is 260 g/mol.